The number of hydrogen-bond donors (Lipinski definition) is 1. The lowest BCUT2D eigenvalue weighted by atomic mass is 10.2. The van der Waals surface area contributed by atoms with Crippen LogP contribution in [0.2, 0.25) is 0 Å². The van der Waals surface area contributed by atoms with Crippen molar-refractivity contribution in [3.05, 3.63) is 50.9 Å². The predicted molar refractivity (Wildman–Crippen MR) is 66.1 cm³/mol. The number of aromatic nitrogens is 2. The van der Waals surface area contributed by atoms with Crippen molar-refractivity contribution in [3.8, 4) is 5.69 Å². The van der Waals surface area contributed by atoms with Crippen LogP contribution in [0.25, 0.3) is 5.69 Å². The van der Waals surface area contributed by atoms with Gasteiger partial charge in [0.05, 0.1) is 5.69 Å². The molecule has 0 spiro atoms. The lowest BCUT2D eigenvalue weighted by Gasteiger charge is -2.07. The third-order valence-corrected chi connectivity index (χ3v) is 3.31. The Bertz CT molecular complexity index is 581. The van der Waals surface area contributed by atoms with Gasteiger partial charge in [-0.15, -0.1) is 0 Å². The van der Waals surface area contributed by atoms with Crippen molar-refractivity contribution in [1.29, 1.82) is 0 Å². The molecule has 1 aromatic carbocycles. The number of halogens is 1. The first-order valence-corrected chi connectivity index (χ1v) is 6.11. The molecule has 0 saturated heterocycles. The number of nitrogens with one attached hydrogen (secondary N) is 1. The highest BCUT2D eigenvalue weighted by Gasteiger charge is 2.27. The molecule has 0 radical (unpaired) electrons. The van der Waals surface area contributed by atoms with E-state index in [4.69, 9.17) is 0 Å². The Morgan fingerprint density at radius 2 is 2.12 bits per heavy atom. The third-order valence-electron chi connectivity index (χ3n) is 2.82. The molecule has 4 heteroatoms. The fraction of sp³-hybridized carbons (Fsp3) is 0.250. The first-order chi connectivity index (χ1) is 7.74. The molecule has 1 heterocycles. The first kappa shape index (κ1) is 9.90. The minimum Gasteiger partial charge on any atom is -0.268 e. The monoisotopic (exact) mass is 278 g/mol. The van der Waals surface area contributed by atoms with Crippen molar-refractivity contribution < 1.29 is 0 Å². The number of H-pyrrole nitrogens is 1. The summed E-state index contributed by atoms with van der Waals surface area (Å²) in [5.74, 6) is 0.554. The van der Waals surface area contributed by atoms with Gasteiger partial charge in [-0.05, 0) is 31.0 Å². The lowest BCUT2D eigenvalue weighted by Crippen LogP contribution is -2.04. The van der Waals surface area contributed by atoms with Gasteiger partial charge in [-0.25, -0.2) is 0 Å². The van der Waals surface area contributed by atoms with Crippen LogP contribution in [-0.4, -0.2) is 9.78 Å². The van der Waals surface area contributed by atoms with Crippen LogP contribution in [0.3, 0.4) is 0 Å². The zero-order chi connectivity index (χ0) is 11.1. The molecule has 16 heavy (non-hydrogen) atoms. The summed E-state index contributed by atoms with van der Waals surface area (Å²) >= 11 is 3.44. The van der Waals surface area contributed by atoms with Crippen molar-refractivity contribution in [2.75, 3.05) is 0 Å². The van der Waals surface area contributed by atoms with Crippen molar-refractivity contribution in [2.24, 2.45) is 0 Å². The molecule has 1 fully saturated rings. The molecule has 0 bridgehead atoms. The summed E-state index contributed by atoms with van der Waals surface area (Å²) in [6.45, 7) is 0. The molecule has 0 amide bonds. The Morgan fingerprint density at radius 1 is 1.31 bits per heavy atom. The molecule has 0 atom stereocenters. The van der Waals surface area contributed by atoms with Gasteiger partial charge in [0.15, 0.2) is 0 Å². The summed E-state index contributed by atoms with van der Waals surface area (Å²) in [6.07, 6.45) is 2.37. The molecule has 0 aliphatic heterocycles. The van der Waals surface area contributed by atoms with E-state index < -0.39 is 0 Å². The van der Waals surface area contributed by atoms with Gasteiger partial charge in [-0.1, -0.05) is 22.0 Å². The number of rotatable bonds is 2. The molecule has 1 aliphatic carbocycles. The van der Waals surface area contributed by atoms with Gasteiger partial charge in [0.2, 0.25) is 0 Å². The van der Waals surface area contributed by atoms with E-state index in [1.54, 1.807) is 6.07 Å². The highest BCUT2D eigenvalue weighted by atomic mass is 79.9. The summed E-state index contributed by atoms with van der Waals surface area (Å²) in [6, 6.07) is 9.64. The van der Waals surface area contributed by atoms with E-state index in [0.717, 1.165) is 15.9 Å². The summed E-state index contributed by atoms with van der Waals surface area (Å²) < 4.78 is 2.91. The Balaban J connectivity index is 2.14. The standard InChI is InChI=1S/C12H11BrN2O/c13-9-2-1-3-10(6-9)15-11(8-4-5-8)7-12(16)14-15/h1-3,6-8H,4-5H2,(H,14,16). The average molecular weight is 279 g/mol. The number of nitrogens with zero attached hydrogens (tertiary/aromatic N) is 1. The second-order valence-electron chi connectivity index (χ2n) is 4.13. The molecule has 1 N–H and O–H groups in total. The van der Waals surface area contributed by atoms with E-state index in [2.05, 4.69) is 21.0 Å². The fourth-order valence-electron chi connectivity index (χ4n) is 1.91. The van der Waals surface area contributed by atoms with Gasteiger partial charge in [0, 0.05) is 22.2 Å². The van der Waals surface area contributed by atoms with Crippen LogP contribution in [0.5, 0.6) is 0 Å². The minimum absolute atomic E-state index is 0.0260. The largest absolute Gasteiger partial charge is 0.268 e. The average Bonchev–Trinajstić information content (AvgIpc) is 3.02. The SMILES string of the molecule is O=c1cc(C2CC2)n(-c2cccc(Br)c2)[nH]1. The van der Waals surface area contributed by atoms with Gasteiger partial charge in [0.25, 0.3) is 5.56 Å². The van der Waals surface area contributed by atoms with Crippen molar-refractivity contribution in [2.45, 2.75) is 18.8 Å². The second kappa shape index (κ2) is 3.63. The van der Waals surface area contributed by atoms with Crippen LogP contribution < -0.4 is 5.56 Å². The molecule has 2 aromatic rings. The zero-order valence-corrected chi connectivity index (χ0v) is 10.2. The summed E-state index contributed by atoms with van der Waals surface area (Å²) in [5.41, 5.74) is 2.07. The van der Waals surface area contributed by atoms with Gasteiger partial charge >= 0.3 is 0 Å². The Morgan fingerprint density at radius 3 is 2.81 bits per heavy atom. The predicted octanol–water partition coefficient (Wildman–Crippen LogP) is 2.81. The van der Waals surface area contributed by atoms with Crippen LogP contribution in [0.1, 0.15) is 24.5 Å². The van der Waals surface area contributed by atoms with Crippen LogP contribution in [-0.2, 0) is 0 Å². The quantitative estimate of drug-likeness (QED) is 0.901. The van der Waals surface area contributed by atoms with E-state index in [1.165, 1.54) is 12.8 Å². The molecule has 1 aromatic heterocycles. The van der Waals surface area contributed by atoms with E-state index in [1.807, 2.05) is 28.9 Å². The molecule has 3 nitrogen and oxygen atoms in total. The molecule has 1 saturated carbocycles. The lowest BCUT2D eigenvalue weighted by molar-refractivity contribution is 0.799. The highest BCUT2D eigenvalue weighted by molar-refractivity contribution is 9.10. The summed E-state index contributed by atoms with van der Waals surface area (Å²) in [4.78, 5) is 11.4. The smallest absolute Gasteiger partial charge is 0.264 e. The first-order valence-electron chi connectivity index (χ1n) is 5.32. The Hall–Kier alpha value is -1.29. The maximum atomic E-state index is 11.4. The van der Waals surface area contributed by atoms with Crippen LogP contribution in [0, 0.1) is 0 Å². The Labute approximate surface area is 101 Å². The zero-order valence-electron chi connectivity index (χ0n) is 8.61. The highest BCUT2D eigenvalue weighted by Crippen LogP contribution is 2.40. The number of hydrogen-bond acceptors (Lipinski definition) is 1. The maximum absolute atomic E-state index is 11.4. The Kier molecular flexibility index (Phi) is 2.24. The molecule has 3 rings (SSSR count). The maximum Gasteiger partial charge on any atom is 0.264 e. The van der Waals surface area contributed by atoms with E-state index in [0.29, 0.717) is 5.92 Å². The van der Waals surface area contributed by atoms with Gasteiger partial charge < -0.3 is 0 Å². The van der Waals surface area contributed by atoms with E-state index in [-0.39, 0.29) is 5.56 Å². The summed E-state index contributed by atoms with van der Waals surface area (Å²) in [5, 5.41) is 2.85. The van der Waals surface area contributed by atoms with E-state index >= 15 is 0 Å². The van der Waals surface area contributed by atoms with E-state index in [9.17, 15) is 4.79 Å². The minimum atomic E-state index is -0.0260. The van der Waals surface area contributed by atoms with Crippen LogP contribution in [0.4, 0.5) is 0 Å². The van der Waals surface area contributed by atoms with Crippen LogP contribution in [0.15, 0.2) is 39.6 Å². The van der Waals surface area contributed by atoms with Gasteiger partial charge in [0.1, 0.15) is 0 Å². The molecule has 1 aliphatic rings. The topological polar surface area (TPSA) is 37.8 Å². The molecular formula is C12H11BrN2O. The number of benzene rings is 1. The third kappa shape index (κ3) is 1.73. The molecule has 82 valence electrons. The molecular weight excluding hydrogens is 268 g/mol. The fourth-order valence-corrected chi connectivity index (χ4v) is 2.30. The molecule has 0 unspecified atom stereocenters. The van der Waals surface area contributed by atoms with Crippen LogP contribution >= 0.6 is 15.9 Å². The van der Waals surface area contributed by atoms with Crippen molar-refractivity contribution in [1.82, 2.24) is 9.78 Å². The summed E-state index contributed by atoms with van der Waals surface area (Å²) in [7, 11) is 0. The second-order valence-corrected chi connectivity index (χ2v) is 5.05. The van der Waals surface area contributed by atoms with Gasteiger partial charge in [-0.2, -0.15) is 0 Å². The van der Waals surface area contributed by atoms with Gasteiger partial charge in [-0.3, -0.25) is 14.6 Å². The van der Waals surface area contributed by atoms with Crippen molar-refractivity contribution in [3.63, 3.8) is 0 Å². The number of aromatic amines is 1. The normalized spacial score (nSPS) is 15.3. The van der Waals surface area contributed by atoms with Crippen molar-refractivity contribution >= 4 is 15.9 Å².